The van der Waals surface area contributed by atoms with Gasteiger partial charge in [-0.3, -0.25) is 9.59 Å². The Balaban J connectivity index is 1.47. The van der Waals surface area contributed by atoms with Crippen molar-refractivity contribution in [2.75, 3.05) is 6.54 Å². The Morgan fingerprint density at radius 1 is 1.33 bits per heavy atom. The molecule has 4 fully saturated rings. The van der Waals surface area contributed by atoms with Crippen LogP contribution in [0.4, 0.5) is 0 Å². The molecule has 2 atom stereocenters. The van der Waals surface area contributed by atoms with Crippen molar-refractivity contribution in [3.8, 4) is 0 Å². The average molecular weight is 350 g/mol. The van der Waals surface area contributed by atoms with Crippen LogP contribution in [0.1, 0.15) is 59.4 Å². The summed E-state index contributed by atoms with van der Waals surface area (Å²) in [5.41, 5.74) is 6.27. The van der Waals surface area contributed by atoms with Gasteiger partial charge in [0.2, 0.25) is 5.91 Å². The standard InChI is InChI=1S/C18H24ClN3O2/c1-22-8-13(15(20)23)3-14(22)16(24)21-10-17-4-11-2-12(5-17)7-18(19,6-11)9-17/h3,8,11-12H,2,4-7,9-10H2,1H3,(H2,20,23)(H,21,24)/t11-,12-,17?,18?/m1/s1. The first-order valence-electron chi connectivity index (χ1n) is 8.71. The van der Waals surface area contributed by atoms with Gasteiger partial charge in [-0.25, -0.2) is 0 Å². The van der Waals surface area contributed by atoms with E-state index in [4.69, 9.17) is 17.3 Å². The zero-order chi connectivity index (χ0) is 17.1. The number of aryl methyl sites for hydroxylation is 1. The average Bonchev–Trinajstić information content (AvgIpc) is 2.84. The number of primary amides is 1. The summed E-state index contributed by atoms with van der Waals surface area (Å²) < 4.78 is 1.65. The monoisotopic (exact) mass is 349 g/mol. The fourth-order valence-corrected chi connectivity index (χ4v) is 6.55. The van der Waals surface area contributed by atoms with Gasteiger partial charge in [-0.2, -0.15) is 0 Å². The minimum atomic E-state index is -0.519. The van der Waals surface area contributed by atoms with Crippen molar-refractivity contribution in [1.29, 1.82) is 0 Å². The molecular weight excluding hydrogens is 326 g/mol. The number of nitrogens with two attached hydrogens (primary N) is 1. The largest absolute Gasteiger partial charge is 0.366 e. The summed E-state index contributed by atoms with van der Waals surface area (Å²) in [6.45, 7) is 0.671. The maximum Gasteiger partial charge on any atom is 0.267 e. The molecule has 0 aliphatic heterocycles. The molecule has 5 nitrogen and oxygen atoms in total. The lowest BCUT2D eigenvalue weighted by atomic mass is 9.49. The van der Waals surface area contributed by atoms with Crippen LogP contribution < -0.4 is 11.1 Å². The summed E-state index contributed by atoms with van der Waals surface area (Å²) >= 11 is 6.85. The number of alkyl halides is 1. The number of carbonyl (C=O) groups excluding carboxylic acids is 2. The van der Waals surface area contributed by atoms with Crippen molar-refractivity contribution in [3.63, 3.8) is 0 Å². The van der Waals surface area contributed by atoms with E-state index < -0.39 is 5.91 Å². The first kappa shape index (κ1) is 16.0. The van der Waals surface area contributed by atoms with Gasteiger partial charge in [-0.15, -0.1) is 11.6 Å². The summed E-state index contributed by atoms with van der Waals surface area (Å²) in [5.74, 6) is 0.772. The highest BCUT2D eigenvalue weighted by Gasteiger charge is 2.56. The Hall–Kier alpha value is -1.49. The number of carbonyl (C=O) groups is 2. The Labute approximate surface area is 146 Å². The molecule has 4 saturated carbocycles. The second-order valence-electron chi connectivity index (χ2n) is 8.38. The minimum Gasteiger partial charge on any atom is -0.366 e. The van der Waals surface area contributed by atoms with Crippen molar-refractivity contribution in [3.05, 3.63) is 23.5 Å². The highest BCUT2D eigenvalue weighted by atomic mass is 35.5. The van der Waals surface area contributed by atoms with Gasteiger partial charge in [-0.1, -0.05) is 0 Å². The number of rotatable bonds is 4. The number of hydrogen-bond acceptors (Lipinski definition) is 2. The van der Waals surface area contributed by atoms with Crippen LogP contribution in [0.15, 0.2) is 12.3 Å². The number of aromatic nitrogens is 1. The van der Waals surface area contributed by atoms with Crippen molar-refractivity contribution in [1.82, 2.24) is 9.88 Å². The van der Waals surface area contributed by atoms with Crippen LogP contribution in [0.25, 0.3) is 0 Å². The lowest BCUT2D eigenvalue weighted by molar-refractivity contribution is -0.0379. The topological polar surface area (TPSA) is 77.1 Å². The highest BCUT2D eigenvalue weighted by Crippen LogP contribution is 2.63. The molecule has 4 aliphatic carbocycles. The van der Waals surface area contributed by atoms with E-state index in [0.29, 0.717) is 17.8 Å². The second-order valence-corrected chi connectivity index (χ2v) is 9.19. The van der Waals surface area contributed by atoms with E-state index in [1.165, 1.54) is 19.3 Å². The predicted octanol–water partition coefficient (Wildman–Crippen LogP) is 2.43. The van der Waals surface area contributed by atoms with Gasteiger partial charge >= 0.3 is 0 Å². The fraction of sp³-hybridized carbons (Fsp3) is 0.667. The van der Waals surface area contributed by atoms with E-state index >= 15 is 0 Å². The van der Waals surface area contributed by atoms with E-state index in [2.05, 4.69) is 5.32 Å². The zero-order valence-electron chi connectivity index (χ0n) is 14.0. The van der Waals surface area contributed by atoms with E-state index in [1.54, 1.807) is 23.9 Å². The zero-order valence-corrected chi connectivity index (χ0v) is 14.7. The van der Waals surface area contributed by atoms with E-state index in [-0.39, 0.29) is 16.2 Å². The second kappa shape index (κ2) is 5.25. The Kier molecular flexibility index (Phi) is 3.50. The Bertz CT molecular complexity index is 697. The molecule has 1 aromatic rings. The predicted molar refractivity (Wildman–Crippen MR) is 92.0 cm³/mol. The van der Waals surface area contributed by atoms with Crippen LogP contribution in [-0.2, 0) is 7.05 Å². The maximum absolute atomic E-state index is 12.6. The van der Waals surface area contributed by atoms with Gasteiger partial charge in [0.25, 0.3) is 5.91 Å². The molecule has 2 amide bonds. The third kappa shape index (κ3) is 2.63. The molecule has 0 saturated heterocycles. The van der Waals surface area contributed by atoms with Gasteiger partial charge < -0.3 is 15.6 Å². The van der Waals surface area contributed by atoms with Gasteiger partial charge in [0.1, 0.15) is 5.69 Å². The number of nitrogens with zero attached hydrogens (tertiary/aromatic N) is 1. The summed E-state index contributed by atoms with van der Waals surface area (Å²) in [4.78, 5) is 23.8. The molecule has 1 aromatic heterocycles. The number of hydrogen-bond donors (Lipinski definition) is 2. The number of nitrogens with one attached hydrogen (secondary N) is 1. The minimum absolute atomic E-state index is 0.0427. The molecule has 6 heteroatoms. The van der Waals surface area contributed by atoms with Crippen LogP contribution in [0.3, 0.4) is 0 Å². The smallest absolute Gasteiger partial charge is 0.267 e. The third-order valence-corrected chi connectivity index (χ3v) is 6.70. The first-order valence-corrected chi connectivity index (χ1v) is 9.09. The molecule has 24 heavy (non-hydrogen) atoms. The van der Waals surface area contributed by atoms with Crippen LogP contribution in [0, 0.1) is 17.3 Å². The summed E-state index contributed by atoms with van der Waals surface area (Å²) in [5, 5.41) is 3.10. The van der Waals surface area contributed by atoms with Crippen molar-refractivity contribution < 1.29 is 9.59 Å². The molecule has 3 N–H and O–H groups in total. The maximum atomic E-state index is 12.6. The Morgan fingerprint density at radius 2 is 2.00 bits per heavy atom. The molecular formula is C18H24ClN3O2. The van der Waals surface area contributed by atoms with Gasteiger partial charge in [-0.05, 0) is 61.8 Å². The quantitative estimate of drug-likeness (QED) is 0.819. The number of amides is 2. The van der Waals surface area contributed by atoms with E-state index in [1.807, 2.05) is 0 Å². The molecule has 5 rings (SSSR count). The van der Waals surface area contributed by atoms with Crippen LogP contribution in [-0.4, -0.2) is 27.8 Å². The molecule has 4 aliphatic rings. The summed E-state index contributed by atoms with van der Waals surface area (Å²) in [6.07, 6.45) is 8.55. The molecule has 0 aromatic carbocycles. The fourth-order valence-electron chi connectivity index (χ4n) is 5.83. The molecule has 0 unspecified atom stereocenters. The highest BCUT2D eigenvalue weighted by molar-refractivity contribution is 6.24. The SMILES string of the molecule is Cn1cc(C(N)=O)cc1C(=O)NCC12C[C@H]3C[C@@H](CC(Cl)(C3)C1)C2. The van der Waals surface area contributed by atoms with Gasteiger partial charge in [0, 0.05) is 24.7 Å². The van der Waals surface area contributed by atoms with Crippen LogP contribution in [0.2, 0.25) is 0 Å². The molecule has 4 bridgehead atoms. The molecule has 0 radical (unpaired) electrons. The summed E-state index contributed by atoms with van der Waals surface area (Å²) in [6, 6.07) is 1.56. The summed E-state index contributed by atoms with van der Waals surface area (Å²) in [7, 11) is 1.75. The molecule has 1 heterocycles. The number of halogens is 1. The normalized spacial score (nSPS) is 36.8. The first-order chi connectivity index (χ1) is 11.3. The van der Waals surface area contributed by atoms with Crippen molar-refractivity contribution in [2.24, 2.45) is 30.0 Å². The van der Waals surface area contributed by atoms with E-state index in [0.717, 1.165) is 31.1 Å². The van der Waals surface area contributed by atoms with E-state index in [9.17, 15) is 9.59 Å². The third-order valence-electron chi connectivity index (χ3n) is 6.26. The van der Waals surface area contributed by atoms with Crippen molar-refractivity contribution in [2.45, 2.75) is 43.4 Å². The lowest BCUT2D eigenvalue weighted by Crippen LogP contribution is -2.56. The van der Waals surface area contributed by atoms with Crippen LogP contribution >= 0.6 is 11.6 Å². The van der Waals surface area contributed by atoms with Crippen LogP contribution in [0.5, 0.6) is 0 Å². The molecule has 0 spiro atoms. The van der Waals surface area contributed by atoms with Gasteiger partial charge in [0.15, 0.2) is 0 Å². The van der Waals surface area contributed by atoms with Gasteiger partial charge in [0.05, 0.1) is 5.56 Å². The van der Waals surface area contributed by atoms with Crippen molar-refractivity contribution >= 4 is 23.4 Å². The lowest BCUT2D eigenvalue weighted by Gasteiger charge is -2.60. The Morgan fingerprint density at radius 3 is 2.54 bits per heavy atom. The molecule has 130 valence electrons.